The Kier molecular flexibility index (Phi) is 10.2. The van der Waals surface area contributed by atoms with Gasteiger partial charge in [0.25, 0.3) is 0 Å². The van der Waals surface area contributed by atoms with Crippen molar-refractivity contribution in [1.82, 2.24) is 10.2 Å². The summed E-state index contributed by atoms with van der Waals surface area (Å²) in [6.45, 7) is 5.71. The lowest BCUT2D eigenvalue weighted by Gasteiger charge is -2.37. The third-order valence-corrected chi connectivity index (χ3v) is 4.24. The lowest BCUT2D eigenvalue weighted by atomic mass is 10.2. The van der Waals surface area contributed by atoms with E-state index in [9.17, 15) is 17.6 Å². The highest BCUT2D eigenvalue weighted by atomic mass is 127. The Labute approximate surface area is 175 Å². The Balaban J connectivity index is 0.00000364. The van der Waals surface area contributed by atoms with Crippen LogP contribution < -0.4 is 10.2 Å². The zero-order valence-electron chi connectivity index (χ0n) is 15.4. The predicted octanol–water partition coefficient (Wildman–Crippen LogP) is 4.26. The smallest absolute Gasteiger partial charge is 0.366 e. The van der Waals surface area contributed by atoms with Gasteiger partial charge in [-0.2, -0.15) is 13.2 Å². The Morgan fingerprint density at radius 1 is 1.11 bits per heavy atom. The van der Waals surface area contributed by atoms with E-state index in [0.717, 1.165) is 0 Å². The number of piperazine rings is 1. The summed E-state index contributed by atoms with van der Waals surface area (Å²) in [6, 6.07) is 6.71. The van der Waals surface area contributed by atoms with Crippen molar-refractivity contribution in [2.45, 2.75) is 32.4 Å². The summed E-state index contributed by atoms with van der Waals surface area (Å²) < 4.78 is 50.4. The summed E-state index contributed by atoms with van der Waals surface area (Å²) in [5, 5.41) is 3.19. The molecule has 154 valence electrons. The van der Waals surface area contributed by atoms with E-state index in [0.29, 0.717) is 57.3 Å². The quantitative estimate of drug-likeness (QED) is 0.207. The molecule has 9 heteroatoms. The summed E-state index contributed by atoms with van der Waals surface area (Å²) in [5.74, 6) is 0.485. The number of alkyl halides is 3. The third kappa shape index (κ3) is 8.10. The second-order valence-corrected chi connectivity index (χ2v) is 6.23. The van der Waals surface area contributed by atoms with Crippen molar-refractivity contribution in [1.29, 1.82) is 0 Å². The zero-order chi connectivity index (χ0) is 19.0. The Morgan fingerprint density at radius 3 is 2.37 bits per heavy atom. The molecule has 1 N–H and O–H groups in total. The maximum Gasteiger partial charge on any atom is 0.389 e. The van der Waals surface area contributed by atoms with Gasteiger partial charge in [-0.3, -0.25) is 4.99 Å². The van der Waals surface area contributed by atoms with Gasteiger partial charge in [0, 0.05) is 45.7 Å². The minimum Gasteiger partial charge on any atom is -0.366 e. The molecule has 1 saturated heterocycles. The largest absolute Gasteiger partial charge is 0.389 e. The fraction of sp³-hybridized carbons (Fsp3) is 0.611. The molecule has 2 rings (SSSR count). The van der Waals surface area contributed by atoms with Crippen LogP contribution >= 0.6 is 24.0 Å². The standard InChI is InChI=1S/C18H26F4N4.HI/c1-2-23-17(24-10-6-5-9-18(20,21)22)26-13-11-25(12-14-26)16-8-4-3-7-15(16)19;/h3-4,7-8H,2,5-6,9-14H2,1H3,(H,23,24);1H. The van der Waals surface area contributed by atoms with E-state index in [1.165, 1.54) is 6.07 Å². The van der Waals surface area contributed by atoms with Gasteiger partial charge in [0.15, 0.2) is 5.96 Å². The molecule has 27 heavy (non-hydrogen) atoms. The van der Waals surface area contributed by atoms with Crippen LogP contribution in [0.3, 0.4) is 0 Å². The topological polar surface area (TPSA) is 30.9 Å². The molecule has 0 bridgehead atoms. The molecule has 0 spiro atoms. The van der Waals surface area contributed by atoms with E-state index in [4.69, 9.17) is 0 Å². The SMILES string of the molecule is CCNC(=NCCCCC(F)(F)F)N1CCN(c2ccccc2F)CC1.I. The molecular weight excluding hydrogens is 475 g/mol. The van der Waals surface area contributed by atoms with Crippen LogP contribution in [-0.2, 0) is 0 Å². The van der Waals surface area contributed by atoms with Crippen molar-refractivity contribution in [3.63, 3.8) is 0 Å². The minimum atomic E-state index is -4.10. The monoisotopic (exact) mass is 502 g/mol. The molecule has 0 saturated carbocycles. The number of aliphatic imine (C=N–C) groups is 1. The van der Waals surface area contributed by atoms with Gasteiger partial charge in [0.05, 0.1) is 5.69 Å². The van der Waals surface area contributed by atoms with Crippen molar-refractivity contribution >= 4 is 35.6 Å². The fourth-order valence-electron chi connectivity index (χ4n) is 2.92. The van der Waals surface area contributed by atoms with Crippen molar-refractivity contribution < 1.29 is 17.6 Å². The Morgan fingerprint density at radius 2 is 1.78 bits per heavy atom. The van der Waals surface area contributed by atoms with E-state index in [1.807, 2.05) is 17.9 Å². The lowest BCUT2D eigenvalue weighted by molar-refractivity contribution is -0.135. The molecule has 1 fully saturated rings. The first-order valence-electron chi connectivity index (χ1n) is 9.00. The van der Waals surface area contributed by atoms with Gasteiger partial charge in [-0.1, -0.05) is 12.1 Å². The van der Waals surface area contributed by atoms with E-state index < -0.39 is 12.6 Å². The van der Waals surface area contributed by atoms with Crippen molar-refractivity contribution in [2.75, 3.05) is 44.2 Å². The molecule has 4 nitrogen and oxygen atoms in total. The number of benzene rings is 1. The zero-order valence-corrected chi connectivity index (χ0v) is 17.8. The molecule has 0 aliphatic carbocycles. The van der Waals surface area contributed by atoms with Crippen LogP contribution in [0.4, 0.5) is 23.2 Å². The number of unbranched alkanes of at least 4 members (excludes halogenated alkanes) is 1. The maximum absolute atomic E-state index is 13.9. The Bertz CT molecular complexity index is 587. The molecule has 1 aliphatic heterocycles. The summed E-state index contributed by atoms with van der Waals surface area (Å²) in [4.78, 5) is 8.52. The first kappa shape index (κ1) is 23.8. The summed E-state index contributed by atoms with van der Waals surface area (Å²) in [7, 11) is 0. The minimum absolute atomic E-state index is 0. The summed E-state index contributed by atoms with van der Waals surface area (Å²) >= 11 is 0. The normalized spacial score (nSPS) is 15.5. The maximum atomic E-state index is 13.9. The lowest BCUT2D eigenvalue weighted by Crippen LogP contribution is -2.52. The van der Waals surface area contributed by atoms with Gasteiger partial charge < -0.3 is 15.1 Å². The van der Waals surface area contributed by atoms with E-state index in [2.05, 4.69) is 15.2 Å². The van der Waals surface area contributed by atoms with E-state index in [1.54, 1.807) is 12.1 Å². The number of anilines is 1. The highest BCUT2D eigenvalue weighted by Crippen LogP contribution is 2.22. The first-order chi connectivity index (χ1) is 12.4. The third-order valence-electron chi connectivity index (χ3n) is 4.24. The average Bonchev–Trinajstić information content (AvgIpc) is 2.60. The van der Waals surface area contributed by atoms with Crippen LogP contribution in [0.15, 0.2) is 29.3 Å². The van der Waals surface area contributed by atoms with Crippen molar-refractivity contribution in [2.24, 2.45) is 4.99 Å². The molecule has 1 aromatic carbocycles. The second kappa shape index (κ2) is 11.6. The number of nitrogens with zero attached hydrogens (tertiary/aromatic N) is 3. The summed E-state index contributed by atoms with van der Waals surface area (Å²) in [6.07, 6.45) is -4.37. The van der Waals surface area contributed by atoms with Crippen LogP contribution in [0.25, 0.3) is 0 Å². The number of rotatable bonds is 6. The molecular formula is C18H27F4IN4. The van der Waals surface area contributed by atoms with Gasteiger partial charge in [-0.05, 0) is 31.9 Å². The first-order valence-corrected chi connectivity index (χ1v) is 9.00. The van der Waals surface area contributed by atoms with Crippen molar-refractivity contribution in [3.05, 3.63) is 30.1 Å². The number of hydrogen-bond acceptors (Lipinski definition) is 2. The average molecular weight is 502 g/mol. The predicted molar refractivity (Wildman–Crippen MR) is 111 cm³/mol. The van der Waals surface area contributed by atoms with E-state index in [-0.39, 0.29) is 36.2 Å². The number of para-hydroxylation sites is 1. The molecule has 1 aromatic rings. The van der Waals surface area contributed by atoms with Gasteiger partial charge in [0.2, 0.25) is 0 Å². The molecule has 0 amide bonds. The number of halogens is 5. The van der Waals surface area contributed by atoms with Crippen molar-refractivity contribution in [3.8, 4) is 0 Å². The van der Waals surface area contributed by atoms with E-state index >= 15 is 0 Å². The van der Waals surface area contributed by atoms with Gasteiger partial charge in [0.1, 0.15) is 5.82 Å². The van der Waals surface area contributed by atoms with Crippen LogP contribution in [-0.4, -0.2) is 56.3 Å². The molecule has 1 aliphatic rings. The number of nitrogens with one attached hydrogen (secondary N) is 1. The molecule has 0 unspecified atom stereocenters. The number of guanidine groups is 1. The molecule has 0 aromatic heterocycles. The van der Waals surface area contributed by atoms with Gasteiger partial charge in [-0.15, -0.1) is 24.0 Å². The highest BCUT2D eigenvalue weighted by molar-refractivity contribution is 14.0. The molecule has 0 radical (unpaired) electrons. The number of hydrogen-bond donors (Lipinski definition) is 1. The highest BCUT2D eigenvalue weighted by Gasteiger charge is 2.26. The molecule has 0 atom stereocenters. The van der Waals surface area contributed by atoms with Crippen LogP contribution in [0, 0.1) is 5.82 Å². The Hall–Kier alpha value is -1.26. The summed E-state index contributed by atoms with van der Waals surface area (Å²) in [5.41, 5.74) is 0.598. The van der Waals surface area contributed by atoms with Crippen LogP contribution in [0.1, 0.15) is 26.2 Å². The van der Waals surface area contributed by atoms with Gasteiger partial charge >= 0.3 is 6.18 Å². The van der Waals surface area contributed by atoms with Crippen LogP contribution in [0.5, 0.6) is 0 Å². The van der Waals surface area contributed by atoms with Crippen LogP contribution in [0.2, 0.25) is 0 Å². The molecule has 1 heterocycles. The van der Waals surface area contributed by atoms with Gasteiger partial charge in [-0.25, -0.2) is 4.39 Å². The second-order valence-electron chi connectivity index (χ2n) is 6.23. The fourth-order valence-corrected chi connectivity index (χ4v) is 2.92.